The number of carbonyl (C=O) groups is 2. The van der Waals surface area contributed by atoms with Gasteiger partial charge in [-0.25, -0.2) is 4.98 Å². The number of aromatic amines is 1. The first-order chi connectivity index (χ1) is 15.0. The molecule has 0 bridgehead atoms. The maximum atomic E-state index is 13.2. The van der Waals surface area contributed by atoms with Crippen LogP contribution in [-0.4, -0.2) is 44.6 Å². The number of hydrogen-bond donors (Lipinski definition) is 1. The summed E-state index contributed by atoms with van der Waals surface area (Å²) in [6.45, 7) is 0. The maximum absolute atomic E-state index is 13.2. The second-order valence-corrected chi connectivity index (χ2v) is 8.89. The van der Waals surface area contributed by atoms with Gasteiger partial charge in [-0.3, -0.25) is 14.7 Å². The number of hydrogen-bond acceptors (Lipinski definition) is 5. The average molecular weight is 455 g/mol. The Labute approximate surface area is 190 Å². The smallest absolute Gasteiger partial charge is 0.233 e. The van der Waals surface area contributed by atoms with Crippen molar-refractivity contribution in [1.82, 2.24) is 20.1 Å². The second kappa shape index (κ2) is 9.24. The monoisotopic (exact) mass is 454 g/mol. The van der Waals surface area contributed by atoms with Gasteiger partial charge in [-0.2, -0.15) is 0 Å². The Hall–Kier alpha value is -2.64. The van der Waals surface area contributed by atoms with Crippen LogP contribution in [0.15, 0.2) is 59.8 Å². The zero-order chi connectivity index (χ0) is 21.8. The van der Waals surface area contributed by atoms with Gasteiger partial charge in [0.25, 0.3) is 0 Å². The first kappa shape index (κ1) is 21.6. The zero-order valence-corrected chi connectivity index (χ0v) is 18.7. The third-order valence-corrected chi connectivity index (χ3v) is 6.92. The van der Waals surface area contributed by atoms with Gasteiger partial charge in [0.05, 0.1) is 5.75 Å². The van der Waals surface area contributed by atoms with E-state index in [4.69, 9.17) is 11.6 Å². The van der Waals surface area contributed by atoms with Gasteiger partial charge in [-0.15, -0.1) is 5.10 Å². The van der Waals surface area contributed by atoms with Gasteiger partial charge < -0.3 is 4.90 Å². The molecule has 1 aliphatic rings. The molecule has 1 N–H and O–H groups in total. The summed E-state index contributed by atoms with van der Waals surface area (Å²) < 4.78 is 0. The Morgan fingerprint density at radius 2 is 1.90 bits per heavy atom. The minimum atomic E-state index is -1.03. The molecule has 2 aromatic carbocycles. The second-order valence-electron chi connectivity index (χ2n) is 7.54. The number of carbonyl (C=O) groups excluding carboxylic acids is 2. The van der Waals surface area contributed by atoms with Crippen molar-refractivity contribution in [3.8, 4) is 11.4 Å². The van der Waals surface area contributed by atoms with E-state index in [1.54, 1.807) is 18.0 Å². The molecule has 1 amide bonds. The molecule has 0 radical (unpaired) electrons. The predicted molar refractivity (Wildman–Crippen MR) is 122 cm³/mol. The number of ketones is 1. The number of amides is 1. The van der Waals surface area contributed by atoms with Crippen LogP contribution >= 0.6 is 23.4 Å². The number of Topliss-reactive ketones (excluding diaryl/α,β-unsaturated/α-hetero) is 1. The van der Waals surface area contributed by atoms with Gasteiger partial charge in [-0.1, -0.05) is 71.9 Å². The summed E-state index contributed by atoms with van der Waals surface area (Å²) in [4.78, 5) is 32.4. The van der Waals surface area contributed by atoms with Crippen molar-refractivity contribution >= 4 is 35.1 Å². The van der Waals surface area contributed by atoms with Gasteiger partial charge in [-0.05, 0) is 25.3 Å². The molecule has 0 spiro atoms. The molecule has 1 fully saturated rings. The molecular weight excluding hydrogens is 432 g/mol. The number of thioether (sulfide) groups is 1. The van der Waals surface area contributed by atoms with E-state index in [0.717, 1.165) is 18.4 Å². The fourth-order valence-electron chi connectivity index (χ4n) is 4.10. The topological polar surface area (TPSA) is 79.0 Å². The fourth-order valence-corrected chi connectivity index (χ4v) is 5.11. The molecule has 6 nitrogen and oxygen atoms in total. The Morgan fingerprint density at radius 1 is 1.16 bits per heavy atom. The van der Waals surface area contributed by atoms with Crippen molar-refractivity contribution in [1.29, 1.82) is 0 Å². The summed E-state index contributed by atoms with van der Waals surface area (Å²) in [5, 5.41) is 8.11. The van der Waals surface area contributed by atoms with Gasteiger partial charge in [0, 0.05) is 29.6 Å². The molecule has 1 atom stereocenters. The van der Waals surface area contributed by atoms with E-state index in [-0.39, 0.29) is 17.4 Å². The van der Waals surface area contributed by atoms with Crippen LogP contribution in [0.1, 0.15) is 31.2 Å². The zero-order valence-electron chi connectivity index (χ0n) is 17.2. The Balaban J connectivity index is 1.52. The van der Waals surface area contributed by atoms with Crippen molar-refractivity contribution < 1.29 is 9.59 Å². The Bertz CT molecular complexity index is 1090. The molecule has 31 heavy (non-hydrogen) atoms. The van der Waals surface area contributed by atoms with Crippen LogP contribution in [0.3, 0.4) is 0 Å². The van der Waals surface area contributed by atoms with Gasteiger partial charge in [0.1, 0.15) is 5.54 Å². The van der Waals surface area contributed by atoms with E-state index in [0.29, 0.717) is 34.4 Å². The van der Waals surface area contributed by atoms with E-state index in [2.05, 4.69) is 15.2 Å². The quantitative estimate of drug-likeness (QED) is 0.545. The van der Waals surface area contributed by atoms with E-state index in [9.17, 15) is 9.59 Å². The number of H-pyrrole nitrogens is 1. The lowest BCUT2D eigenvalue weighted by Crippen LogP contribution is -2.54. The highest BCUT2D eigenvalue weighted by Gasteiger charge is 2.47. The minimum absolute atomic E-state index is 0.0389. The standard InChI is InChI=1S/C23H23ClN4O2S/c1-28(23(14-8-7-13-19(23)29)17-11-5-6-12-18(17)24)20(30)15-31-22-25-21(26-27-22)16-9-3-2-4-10-16/h2-6,9-12H,7-8,13-15H2,1H3,(H,25,26,27). The Kier molecular flexibility index (Phi) is 6.43. The van der Waals surface area contributed by atoms with Crippen LogP contribution in [0.5, 0.6) is 0 Å². The van der Waals surface area contributed by atoms with Crippen molar-refractivity contribution in [2.75, 3.05) is 12.8 Å². The third-order valence-electron chi connectivity index (χ3n) is 5.76. The molecule has 1 heterocycles. The molecule has 160 valence electrons. The molecule has 3 aromatic rings. The highest BCUT2D eigenvalue weighted by atomic mass is 35.5. The number of aromatic nitrogens is 3. The normalized spacial score (nSPS) is 18.7. The predicted octanol–water partition coefficient (Wildman–Crippen LogP) is 4.71. The number of rotatable bonds is 6. The van der Waals surface area contributed by atoms with Crippen molar-refractivity contribution in [2.24, 2.45) is 0 Å². The lowest BCUT2D eigenvalue weighted by Gasteiger charge is -2.44. The maximum Gasteiger partial charge on any atom is 0.233 e. The molecule has 1 aliphatic carbocycles. The largest absolute Gasteiger partial charge is 0.328 e. The van der Waals surface area contributed by atoms with Crippen LogP contribution in [0.2, 0.25) is 5.02 Å². The van der Waals surface area contributed by atoms with Crippen molar-refractivity contribution in [2.45, 2.75) is 36.4 Å². The molecule has 4 rings (SSSR count). The molecule has 8 heteroatoms. The van der Waals surface area contributed by atoms with Crippen LogP contribution in [-0.2, 0) is 15.1 Å². The average Bonchev–Trinajstić information content (AvgIpc) is 3.28. The SMILES string of the molecule is CN(C(=O)CSc1n[nH]c(-c2ccccc2)n1)C1(c2ccccc2Cl)CCCCC1=O. The van der Waals surface area contributed by atoms with Gasteiger partial charge in [0.15, 0.2) is 11.6 Å². The summed E-state index contributed by atoms with van der Waals surface area (Å²) in [5.74, 6) is 0.657. The molecule has 1 unspecified atom stereocenters. The highest BCUT2D eigenvalue weighted by Crippen LogP contribution is 2.42. The fraction of sp³-hybridized carbons (Fsp3) is 0.304. The molecule has 1 saturated carbocycles. The number of halogens is 1. The van der Waals surface area contributed by atoms with Crippen LogP contribution in [0.4, 0.5) is 0 Å². The number of nitrogens with zero attached hydrogens (tertiary/aromatic N) is 3. The third kappa shape index (κ3) is 4.25. The number of likely N-dealkylation sites (N-methyl/N-ethyl adjacent to an activating group) is 1. The van der Waals surface area contributed by atoms with Crippen LogP contribution in [0, 0.1) is 0 Å². The molecule has 0 aliphatic heterocycles. The first-order valence-electron chi connectivity index (χ1n) is 10.2. The first-order valence-corrected chi connectivity index (χ1v) is 11.5. The van der Waals surface area contributed by atoms with E-state index < -0.39 is 5.54 Å². The lowest BCUT2D eigenvalue weighted by molar-refractivity contribution is -0.146. The van der Waals surface area contributed by atoms with Crippen molar-refractivity contribution in [3.63, 3.8) is 0 Å². The van der Waals surface area contributed by atoms with E-state index >= 15 is 0 Å². The van der Waals surface area contributed by atoms with Crippen LogP contribution < -0.4 is 0 Å². The molecule has 1 aromatic heterocycles. The minimum Gasteiger partial charge on any atom is -0.328 e. The van der Waals surface area contributed by atoms with Gasteiger partial charge >= 0.3 is 0 Å². The summed E-state index contributed by atoms with van der Waals surface area (Å²) in [6.07, 6.45) is 2.71. The highest BCUT2D eigenvalue weighted by molar-refractivity contribution is 7.99. The van der Waals surface area contributed by atoms with Crippen molar-refractivity contribution in [3.05, 3.63) is 65.2 Å². The van der Waals surface area contributed by atoms with Crippen LogP contribution in [0.25, 0.3) is 11.4 Å². The Morgan fingerprint density at radius 3 is 2.65 bits per heavy atom. The lowest BCUT2D eigenvalue weighted by atomic mass is 9.74. The summed E-state index contributed by atoms with van der Waals surface area (Å²) >= 11 is 7.72. The molecular formula is C23H23ClN4O2S. The number of benzene rings is 2. The summed E-state index contributed by atoms with van der Waals surface area (Å²) in [5.41, 5.74) is 0.602. The van der Waals surface area contributed by atoms with Gasteiger partial charge in [0.2, 0.25) is 11.1 Å². The summed E-state index contributed by atoms with van der Waals surface area (Å²) in [6, 6.07) is 17.0. The van der Waals surface area contributed by atoms with E-state index in [1.807, 2.05) is 48.5 Å². The number of nitrogens with one attached hydrogen (secondary N) is 1. The summed E-state index contributed by atoms with van der Waals surface area (Å²) in [7, 11) is 1.70. The molecule has 0 saturated heterocycles. The van der Waals surface area contributed by atoms with E-state index in [1.165, 1.54) is 11.8 Å².